The fourth-order valence-corrected chi connectivity index (χ4v) is 17.3. The number of phenolic OH excluding ortho intramolecular Hbond substituents is 1. The zero-order valence-corrected chi connectivity index (χ0v) is 47.0. The van der Waals surface area contributed by atoms with Gasteiger partial charge < -0.3 is 56.5 Å². The van der Waals surface area contributed by atoms with Crippen LogP contribution in [-0.2, 0) is 18.3 Å². The summed E-state index contributed by atoms with van der Waals surface area (Å²) < 4.78 is 6.97. The predicted molar refractivity (Wildman–Crippen MR) is 313 cm³/mol. The molecule has 78 heavy (non-hydrogen) atoms. The third-order valence-electron chi connectivity index (χ3n) is 18.9. The van der Waals surface area contributed by atoms with Crippen molar-refractivity contribution in [1.82, 2.24) is 10.3 Å². The molecule has 4 aromatic rings. The lowest BCUT2D eigenvalue weighted by molar-refractivity contribution is -0.0215. The molecule has 1 saturated heterocycles. The van der Waals surface area contributed by atoms with Gasteiger partial charge in [0.1, 0.15) is 11.9 Å². The first-order valence-corrected chi connectivity index (χ1v) is 31.5. The second kappa shape index (κ2) is 25.4. The number of nitrogens with two attached hydrogens (primary N) is 1. The Morgan fingerprint density at radius 3 is 2.40 bits per heavy atom. The molecule has 418 valence electrons. The van der Waals surface area contributed by atoms with Gasteiger partial charge in [-0.25, -0.2) is 0 Å². The first kappa shape index (κ1) is 56.6. The summed E-state index contributed by atoms with van der Waals surface area (Å²) >= 11 is 0. The minimum Gasteiger partial charge on any atom is -0.504 e. The van der Waals surface area contributed by atoms with E-state index < -0.39 is 53.7 Å². The number of aromatic nitrogens is 1. The lowest BCUT2D eigenvalue weighted by Crippen LogP contribution is -2.42. The summed E-state index contributed by atoms with van der Waals surface area (Å²) in [6.07, 6.45) is 12.1. The Labute approximate surface area is 470 Å². The highest BCUT2D eigenvalue weighted by Gasteiger charge is 2.46. The number of benzene rings is 3. The van der Waals surface area contributed by atoms with Crippen LogP contribution in [-0.4, -0.2) is 103 Å². The molecule has 3 heterocycles. The second-order valence-corrected chi connectivity index (χ2v) is 26.3. The highest BCUT2D eigenvalue weighted by molar-refractivity contribution is 8.76. The zero-order valence-electron chi connectivity index (χ0n) is 45.3. The minimum atomic E-state index is -1.08. The third kappa shape index (κ3) is 12.5. The van der Waals surface area contributed by atoms with Crippen LogP contribution >= 0.6 is 21.6 Å². The van der Waals surface area contributed by atoms with E-state index in [2.05, 4.69) is 108 Å². The normalized spacial score (nSPS) is 31.7. The van der Waals surface area contributed by atoms with Crippen molar-refractivity contribution < 1.29 is 40.5 Å². The van der Waals surface area contributed by atoms with Crippen LogP contribution in [0.3, 0.4) is 0 Å². The number of rotatable bonds is 14. The lowest BCUT2D eigenvalue weighted by Gasteiger charge is -2.40. The Hall–Kier alpha value is -4.62. The van der Waals surface area contributed by atoms with Gasteiger partial charge in [-0.05, 0) is 159 Å². The smallest absolute Gasteiger partial charge is 0.161 e. The topological polar surface area (TPSA) is 205 Å². The number of dihydropyridines is 1. The standard InChI is InChI=1S/C65H83N3O8S2/c1-2-41-28-44-31-57(73)59(76-60-32-45(29-49-16-11-25-67-49)51-20-26-68-63(66)55(51)40-78-77-39-47(38-70)62(60)75)34-53(44)54-33-58(74)61-43(30-52(41)54)19-23-64(24-27-69,37-50(71)17-18-56(61)72)35-46(42-12-5-3-6-13-42)36-65(21-9-10-22-65)48-14-7-4-8-15-48/h3-8,11-16,20,25,30-31,34,41,43,45-47,50,54,56,58,60-62,67-75H,2,9-10,17-18,21-22,24,26-29,32-33,35-40,66H2,1H3/t41-,43+,45-,46-,47+,50+,54+,56+,58-,60+,61-,62+,64+/m1/s1. The number of nitrogens with one attached hydrogen (secondary N) is 2. The average molecular weight is 1100 g/mol. The monoisotopic (exact) mass is 1100 g/mol. The van der Waals surface area contributed by atoms with Crippen LogP contribution in [0.25, 0.3) is 0 Å². The van der Waals surface area contributed by atoms with E-state index in [-0.39, 0.29) is 53.8 Å². The quantitative estimate of drug-likeness (QED) is 0.0326. The molecule has 2 aliphatic heterocycles. The van der Waals surface area contributed by atoms with Gasteiger partial charge in [0, 0.05) is 77.8 Å². The number of hydrogen-bond donors (Lipinski definition) is 10. The van der Waals surface area contributed by atoms with E-state index in [1.165, 1.54) is 24.0 Å². The van der Waals surface area contributed by atoms with E-state index in [0.717, 1.165) is 59.2 Å². The lowest BCUT2D eigenvalue weighted by atomic mass is 9.64. The molecule has 0 unspecified atom stereocenters. The van der Waals surface area contributed by atoms with Crippen molar-refractivity contribution in [1.29, 1.82) is 0 Å². The average Bonchev–Trinajstić information content (AvgIpc) is 4.27. The van der Waals surface area contributed by atoms with Crippen LogP contribution < -0.4 is 15.8 Å². The van der Waals surface area contributed by atoms with Gasteiger partial charge in [0.25, 0.3) is 0 Å². The number of aromatic hydroxyl groups is 1. The van der Waals surface area contributed by atoms with Gasteiger partial charge >= 0.3 is 0 Å². The van der Waals surface area contributed by atoms with Gasteiger partial charge in [0.2, 0.25) is 0 Å². The van der Waals surface area contributed by atoms with Crippen LogP contribution in [0.5, 0.6) is 11.5 Å². The molecule has 11 nitrogen and oxygen atoms in total. The van der Waals surface area contributed by atoms with Crippen LogP contribution in [0.2, 0.25) is 0 Å². The Kier molecular flexibility index (Phi) is 18.5. The summed E-state index contributed by atoms with van der Waals surface area (Å²) in [5.74, 6) is 7.59. The van der Waals surface area contributed by atoms with Gasteiger partial charge in [-0.15, -0.1) is 0 Å². The maximum atomic E-state index is 12.7. The minimum absolute atomic E-state index is 0.00181. The summed E-state index contributed by atoms with van der Waals surface area (Å²) in [7, 11) is 3.24. The van der Waals surface area contributed by atoms with Crippen molar-refractivity contribution >= 4 is 21.6 Å². The number of ether oxygens (including phenoxy) is 1. The number of fused-ring (bicyclic) bond motifs is 5. The number of aliphatic hydroxyl groups is 6. The fourth-order valence-electron chi connectivity index (χ4n) is 14.8. The van der Waals surface area contributed by atoms with Crippen LogP contribution in [0.1, 0.15) is 130 Å². The number of hydrogen-bond acceptors (Lipinski definition) is 12. The van der Waals surface area contributed by atoms with Gasteiger partial charge in [-0.2, -0.15) is 0 Å². The Morgan fingerprint density at radius 2 is 1.67 bits per heavy atom. The van der Waals surface area contributed by atoms with Gasteiger partial charge in [-0.3, -0.25) is 0 Å². The molecule has 0 bridgehead atoms. The second-order valence-electron chi connectivity index (χ2n) is 23.7. The van der Waals surface area contributed by atoms with Crippen LogP contribution in [0.15, 0.2) is 126 Å². The molecular formula is C65H83N3O8S2. The summed E-state index contributed by atoms with van der Waals surface area (Å²) in [6.45, 7) is 2.42. The van der Waals surface area contributed by atoms with E-state index >= 15 is 0 Å². The molecular weight excluding hydrogens is 1010 g/mol. The highest BCUT2D eigenvalue weighted by Crippen LogP contribution is 2.54. The van der Waals surface area contributed by atoms with E-state index in [1.807, 2.05) is 18.3 Å². The molecule has 6 aliphatic rings. The molecule has 10 rings (SSSR count). The molecule has 1 aromatic heterocycles. The van der Waals surface area contributed by atoms with Crippen molar-refractivity contribution in [3.63, 3.8) is 0 Å². The Balaban J connectivity index is 1.02. The summed E-state index contributed by atoms with van der Waals surface area (Å²) in [6, 6.07) is 29.4. The largest absolute Gasteiger partial charge is 0.504 e. The van der Waals surface area contributed by atoms with Crippen molar-refractivity contribution in [3.05, 3.63) is 154 Å². The number of aromatic amines is 1. The number of allylic oxidation sites excluding steroid dienone is 3. The van der Waals surface area contributed by atoms with E-state index in [9.17, 15) is 35.7 Å². The molecule has 4 aliphatic carbocycles. The van der Waals surface area contributed by atoms with Crippen molar-refractivity contribution in [2.75, 3.05) is 31.3 Å². The van der Waals surface area contributed by atoms with Gasteiger partial charge in [0.05, 0.1) is 24.4 Å². The molecule has 3 aromatic carbocycles. The third-order valence-corrected chi connectivity index (χ3v) is 21.3. The highest BCUT2D eigenvalue weighted by atomic mass is 33.1. The SMILES string of the molecule is CC[C@@H]1Cc2cc(O)c(O[C@H]3C[C@@H](Cc4ccc[nH]4)C4=CCNC(N)=C4CSSC[C@H](CO)[C@@H]3O)cc2[C@H]2C[C@@H](O)[C@@H]3[C@@H](C#C[C@](CCO)(C[C@H](CC4(c5ccccc5)CCCC4)c4ccccc4)C[C@@H](O)CC[C@@H]3O)C=C12. The molecule has 2 fully saturated rings. The van der Waals surface area contributed by atoms with Crippen LogP contribution in [0.4, 0.5) is 0 Å². The van der Waals surface area contributed by atoms with E-state index in [4.69, 9.17) is 10.5 Å². The fraction of sp³-hybridized carbons (Fsp3) is 0.538. The molecule has 13 atom stereocenters. The van der Waals surface area contributed by atoms with Gasteiger partial charge in [0.15, 0.2) is 11.5 Å². The van der Waals surface area contributed by atoms with Crippen molar-refractivity contribution in [2.45, 2.75) is 151 Å². The Morgan fingerprint density at radius 1 is 0.885 bits per heavy atom. The van der Waals surface area contributed by atoms with Crippen molar-refractivity contribution in [3.8, 4) is 23.3 Å². The molecule has 11 N–H and O–H groups in total. The molecule has 13 heteroatoms. The summed E-state index contributed by atoms with van der Waals surface area (Å²) in [4.78, 5) is 3.37. The maximum Gasteiger partial charge on any atom is 0.161 e. The maximum absolute atomic E-state index is 12.7. The molecule has 0 radical (unpaired) electrons. The molecule has 0 amide bonds. The summed E-state index contributed by atoms with van der Waals surface area (Å²) in [5, 5.41) is 86.2. The van der Waals surface area contributed by atoms with Gasteiger partial charge in [-0.1, -0.05) is 132 Å². The number of phenols is 1. The molecule has 0 spiro atoms. The van der Waals surface area contributed by atoms with E-state index in [0.29, 0.717) is 81.7 Å². The number of H-pyrrole nitrogens is 1. The van der Waals surface area contributed by atoms with Crippen LogP contribution in [0, 0.1) is 46.8 Å². The molecule has 1 saturated carbocycles. The number of aliphatic hydroxyl groups excluding tert-OH is 6. The zero-order chi connectivity index (χ0) is 54.4. The Bertz CT molecular complexity index is 2790. The summed E-state index contributed by atoms with van der Waals surface area (Å²) in [5.41, 5.74) is 14.7. The van der Waals surface area contributed by atoms with Crippen molar-refractivity contribution in [2.24, 2.45) is 40.7 Å². The van der Waals surface area contributed by atoms with E-state index in [1.54, 1.807) is 27.7 Å². The predicted octanol–water partition coefficient (Wildman–Crippen LogP) is 9.72. The first-order valence-electron chi connectivity index (χ1n) is 29.0. The first-order chi connectivity index (χ1) is 37.9.